The van der Waals surface area contributed by atoms with Crippen LogP contribution in [0.15, 0.2) is 40.3 Å². The largest absolute Gasteiger partial charge is 0.480 e. The molecule has 0 saturated heterocycles. The van der Waals surface area contributed by atoms with Crippen LogP contribution in [-0.2, 0) is 30.4 Å². The summed E-state index contributed by atoms with van der Waals surface area (Å²) in [5.74, 6) is -4.90. The summed E-state index contributed by atoms with van der Waals surface area (Å²) >= 11 is 0. The lowest BCUT2D eigenvalue weighted by Gasteiger charge is -2.25. The standard InChI is InChI=1S/C25H41N11O6/c26-15(8-4-10-32-24(28)29)20(38)34-16(9-5-11-33-25(30)31)21(39)35-17(12-14-6-2-1-3-7-14)22(40)36-18(23(41)42)13-19(27)37/h1-3,6-7,15-18H,4-5,8-13,26H2,(H2,27,37)(H,34,38)(H,35,39)(H,36,40)(H,41,42)(H4,28,29,32)(H4,30,31,33). The number of hydrogen-bond donors (Lipinski definition) is 10. The third-order valence-electron chi connectivity index (χ3n) is 5.82. The molecule has 1 aromatic rings. The molecule has 0 aromatic heterocycles. The van der Waals surface area contributed by atoms with Gasteiger partial charge >= 0.3 is 5.97 Å². The van der Waals surface area contributed by atoms with E-state index in [-0.39, 0.29) is 50.7 Å². The highest BCUT2D eigenvalue weighted by Crippen LogP contribution is 2.07. The Balaban J connectivity index is 3.12. The van der Waals surface area contributed by atoms with E-state index in [4.69, 9.17) is 34.4 Å². The fourth-order valence-electron chi connectivity index (χ4n) is 3.71. The smallest absolute Gasteiger partial charge is 0.326 e. The molecule has 0 saturated carbocycles. The number of benzene rings is 1. The molecule has 0 aliphatic rings. The maximum absolute atomic E-state index is 13.4. The molecule has 17 nitrogen and oxygen atoms in total. The number of nitrogens with one attached hydrogen (secondary N) is 3. The monoisotopic (exact) mass is 591 g/mol. The minimum Gasteiger partial charge on any atom is -0.480 e. The van der Waals surface area contributed by atoms with Gasteiger partial charge in [-0.3, -0.25) is 29.2 Å². The first kappa shape index (κ1) is 35.1. The zero-order valence-corrected chi connectivity index (χ0v) is 23.2. The Morgan fingerprint density at radius 2 is 1.21 bits per heavy atom. The fraction of sp³-hybridized carbons (Fsp3) is 0.480. The summed E-state index contributed by atoms with van der Waals surface area (Å²) < 4.78 is 0. The summed E-state index contributed by atoms with van der Waals surface area (Å²) in [6.07, 6.45) is 0.307. The molecule has 4 unspecified atom stereocenters. The van der Waals surface area contributed by atoms with Gasteiger partial charge in [0.2, 0.25) is 23.6 Å². The molecule has 0 radical (unpaired) electrons. The molecule has 0 fully saturated rings. The van der Waals surface area contributed by atoms with Gasteiger partial charge in [0.15, 0.2) is 11.9 Å². The second-order valence-corrected chi connectivity index (χ2v) is 9.39. The van der Waals surface area contributed by atoms with E-state index in [2.05, 4.69) is 25.9 Å². The van der Waals surface area contributed by atoms with Gasteiger partial charge < -0.3 is 55.5 Å². The Labute approximate surface area is 242 Å². The molecule has 42 heavy (non-hydrogen) atoms. The number of aliphatic carboxylic acids is 1. The average molecular weight is 592 g/mol. The van der Waals surface area contributed by atoms with Crippen LogP contribution in [-0.4, -0.2) is 83.9 Å². The summed E-state index contributed by atoms with van der Waals surface area (Å²) in [5, 5.41) is 16.8. The molecule has 1 rings (SSSR count). The number of aliphatic imine (C=N–C) groups is 2. The van der Waals surface area contributed by atoms with E-state index in [1.54, 1.807) is 30.3 Å². The molecular formula is C25H41N11O6. The van der Waals surface area contributed by atoms with E-state index in [9.17, 15) is 29.1 Å². The summed E-state index contributed by atoms with van der Waals surface area (Å²) in [6, 6.07) is 3.59. The Hall–Kier alpha value is -4.93. The first-order valence-electron chi connectivity index (χ1n) is 13.1. The maximum Gasteiger partial charge on any atom is 0.326 e. The van der Waals surface area contributed by atoms with E-state index < -0.39 is 60.2 Å². The van der Waals surface area contributed by atoms with Gasteiger partial charge in [0.05, 0.1) is 12.5 Å². The van der Waals surface area contributed by atoms with E-state index in [1.165, 1.54) is 0 Å². The molecule has 0 spiro atoms. The summed E-state index contributed by atoms with van der Waals surface area (Å²) in [4.78, 5) is 69.9. The second-order valence-electron chi connectivity index (χ2n) is 9.39. The predicted octanol–water partition coefficient (Wildman–Crippen LogP) is -3.92. The highest BCUT2D eigenvalue weighted by atomic mass is 16.4. The van der Waals surface area contributed by atoms with Crippen LogP contribution in [0.4, 0.5) is 0 Å². The molecule has 232 valence electrons. The Morgan fingerprint density at radius 3 is 1.74 bits per heavy atom. The van der Waals surface area contributed by atoms with Crippen molar-refractivity contribution in [1.29, 1.82) is 0 Å². The van der Waals surface area contributed by atoms with Gasteiger partial charge in [-0.2, -0.15) is 0 Å². The Morgan fingerprint density at radius 1 is 0.714 bits per heavy atom. The zero-order valence-electron chi connectivity index (χ0n) is 23.2. The minimum absolute atomic E-state index is 0.0275. The second kappa shape index (κ2) is 18.4. The third kappa shape index (κ3) is 14.5. The predicted molar refractivity (Wildman–Crippen MR) is 155 cm³/mol. The zero-order chi connectivity index (χ0) is 31.7. The van der Waals surface area contributed by atoms with Gasteiger partial charge in [-0.25, -0.2) is 4.79 Å². The summed E-state index contributed by atoms with van der Waals surface area (Å²) in [7, 11) is 0. The van der Waals surface area contributed by atoms with Gasteiger partial charge in [-0.15, -0.1) is 0 Å². The van der Waals surface area contributed by atoms with Crippen LogP contribution in [0.2, 0.25) is 0 Å². The molecule has 4 amide bonds. The minimum atomic E-state index is -1.61. The maximum atomic E-state index is 13.4. The lowest BCUT2D eigenvalue weighted by Crippen LogP contribution is -2.57. The number of guanidine groups is 2. The normalized spacial score (nSPS) is 13.4. The molecule has 0 aliphatic carbocycles. The van der Waals surface area contributed by atoms with Gasteiger partial charge in [0.1, 0.15) is 18.1 Å². The number of rotatable bonds is 19. The lowest BCUT2D eigenvalue weighted by atomic mass is 10.0. The Bertz CT molecular complexity index is 1120. The van der Waals surface area contributed by atoms with Crippen LogP contribution < -0.4 is 50.4 Å². The number of carbonyl (C=O) groups is 5. The number of carboxylic acids is 1. The van der Waals surface area contributed by atoms with Crippen molar-refractivity contribution in [2.45, 2.75) is 62.7 Å². The number of nitrogens with zero attached hydrogens (tertiary/aromatic N) is 2. The molecule has 0 aliphatic heterocycles. The van der Waals surface area contributed by atoms with Crippen molar-refractivity contribution in [3.8, 4) is 0 Å². The molecule has 16 N–H and O–H groups in total. The Kier molecular flexibility index (Phi) is 15.4. The molecule has 0 heterocycles. The van der Waals surface area contributed by atoms with E-state index >= 15 is 0 Å². The van der Waals surface area contributed by atoms with Crippen LogP contribution in [0, 0.1) is 0 Å². The van der Waals surface area contributed by atoms with Crippen molar-refractivity contribution in [3.05, 3.63) is 35.9 Å². The molecule has 17 heteroatoms. The van der Waals surface area contributed by atoms with Gasteiger partial charge in [0.25, 0.3) is 0 Å². The highest BCUT2D eigenvalue weighted by Gasteiger charge is 2.31. The first-order chi connectivity index (χ1) is 19.8. The third-order valence-corrected chi connectivity index (χ3v) is 5.82. The van der Waals surface area contributed by atoms with Crippen molar-refractivity contribution in [1.82, 2.24) is 16.0 Å². The SMILES string of the molecule is NC(=O)CC(NC(=O)C(Cc1ccccc1)NC(=O)C(CCCN=C(N)N)NC(=O)C(N)CCCN=C(N)N)C(=O)O. The number of amides is 4. The molecule has 4 atom stereocenters. The molecular weight excluding hydrogens is 550 g/mol. The number of nitrogens with two attached hydrogens (primary N) is 6. The van der Waals surface area contributed by atoms with Crippen molar-refractivity contribution < 1.29 is 29.1 Å². The van der Waals surface area contributed by atoms with Crippen LogP contribution in [0.3, 0.4) is 0 Å². The number of hydrogen-bond acceptors (Lipinski definition) is 8. The van der Waals surface area contributed by atoms with Crippen LogP contribution >= 0.6 is 0 Å². The quantitative estimate of drug-likeness (QED) is 0.0420. The average Bonchev–Trinajstić information content (AvgIpc) is 2.91. The van der Waals surface area contributed by atoms with E-state index in [0.29, 0.717) is 12.0 Å². The van der Waals surface area contributed by atoms with Crippen molar-refractivity contribution in [2.75, 3.05) is 13.1 Å². The van der Waals surface area contributed by atoms with Crippen LogP contribution in [0.5, 0.6) is 0 Å². The molecule has 1 aromatic carbocycles. The van der Waals surface area contributed by atoms with E-state index in [0.717, 1.165) is 0 Å². The lowest BCUT2D eigenvalue weighted by molar-refractivity contribution is -0.143. The summed E-state index contributed by atoms with van der Waals surface area (Å²) in [6.45, 7) is 0.420. The number of carboxylic acid groups (broad SMARTS) is 1. The summed E-state index contributed by atoms with van der Waals surface area (Å²) in [5.41, 5.74) is 33.0. The molecule has 0 bridgehead atoms. The van der Waals surface area contributed by atoms with Crippen molar-refractivity contribution >= 4 is 41.5 Å². The number of primary amides is 1. The topological polar surface area (TPSA) is 323 Å². The fourth-order valence-corrected chi connectivity index (χ4v) is 3.71. The van der Waals surface area contributed by atoms with Crippen LogP contribution in [0.1, 0.15) is 37.7 Å². The highest BCUT2D eigenvalue weighted by molar-refractivity contribution is 5.95. The number of carbonyl (C=O) groups excluding carboxylic acids is 4. The first-order valence-corrected chi connectivity index (χ1v) is 13.1. The van der Waals surface area contributed by atoms with Gasteiger partial charge in [-0.1, -0.05) is 30.3 Å². The van der Waals surface area contributed by atoms with Gasteiger partial charge in [-0.05, 0) is 31.2 Å². The van der Waals surface area contributed by atoms with Crippen LogP contribution in [0.25, 0.3) is 0 Å². The van der Waals surface area contributed by atoms with Gasteiger partial charge in [0, 0.05) is 19.5 Å². The van der Waals surface area contributed by atoms with E-state index in [1.807, 2.05) is 0 Å². The van der Waals surface area contributed by atoms with Crippen molar-refractivity contribution in [2.24, 2.45) is 44.4 Å². The van der Waals surface area contributed by atoms with Crippen molar-refractivity contribution in [3.63, 3.8) is 0 Å².